The maximum Gasteiger partial charge on any atom is 0.225 e. The lowest BCUT2D eigenvalue weighted by atomic mass is 9.92. The smallest absolute Gasteiger partial charge is 0.225 e. The van der Waals surface area contributed by atoms with E-state index in [1.165, 1.54) is 0 Å². The van der Waals surface area contributed by atoms with Gasteiger partial charge in [-0.3, -0.25) is 4.79 Å². The zero-order valence-electron chi connectivity index (χ0n) is 12.2. The summed E-state index contributed by atoms with van der Waals surface area (Å²) in [4.78, 5) is 25.3. The summed E-state index contributed by atoms with van der Waals surface area (Å²) >= 11 is 0. The average Bonchev–Trinajstić information content (AvgIpc) is 2.90. The molecule has 3 heterocycles. The van der Waals surface area contributed by atoms with Crippen molar-refractivity contribution in [2.75, 3.05) is 24.5 Å². The van der Waals surface area contributed by atoms with E-state index in [1.807, 2.05) is 19.9 Å². The molecule has 0 aromatic carbocycles. The molecule has 1 aromatic rings. The van der Waals surface area contributed by atoms with Gasteiger partial charge in [0, 0.05) is 44.0 Å². The highest BCUT2D eigenvalue weighted by atomic mass is 16.2. The van der Waals surface area contributed by atoms with Gasteiger partial charge in [0.15, 0.2) is 0 Å². The Balaban J connectivity index is 1.68. The molecule has 0 aliphatic carbocycles. The fourth-order valence-corrected chi connectivity index (χ4v) is 3.43. The minimum absolute atomic E-state index is 0.101. The minimum Gasteiger partial charge on any atom is -0.340 e. The number of anilines is 1. The highest BCUT2D eigenvalue weighted by molar-refractivity contribution is 5.78. The highest BCUT2D eigenvalue weighted by Gasteiger charge is 2.41. The molecule has 5 nitrogen and oxygen atoms in total. The molecule has 0 spiro atoms. The maximum atomic E-state index is 12.2. The molecule has 1 aromatic heterocycles. The lowest BCUT2D eigenvalue weighted by Gasteiger charge is -2.38. The molecule has 2 fully saturated rings. The fourth-order valence-electron chi connectivity index (χ4n) is 3.43. The first-order valence-electron chi connectivity index (χ1n) is 7.49. The molecule has 3 rings (SSSR count). The molecule has 0 saturated carbocycles. The molecule has 2 saturated heterocycles. The Morgan fingerprint density at radius 3 is 2.70 bits per heavy atom. The first kappa shape index (κ1) is 13.3. The van der Waals surface area contributed by atoms with Crippen molar-refractivity contribution < 1.29 is 4.79 Å². The number of carbonyl (C=O) groups is 1. The van der Waals surface area contributed by atoms with Gasteiger partial charge >= 0.3 is 0 Å². The van der Waals surface area contributed by atoms with Crippen molar-refractivity contribution in [3.05, 3.63) is 18.5 Å². The van der Waals surface area contributed by atoms with E-state index in [-0.39, 0.29) is 5.92 Å². The van der Waals surface area contributed by atoms with Gasteiger partial charge in [0.25, 0.3) is 0 Å². The van der Waals surface area contributed by atoms with Crippen LogP contribution in [0.25, 0.3) is 0 Å². The fraction of sp³-hybridized carbons (Fsp3) is 0.667. The largest absolute Gasteiger partial charge is 0.340 e. The van der Waals surface area contributed by atoms with Gasteiger partial charge in [0.05, 0.1) is 0 Å². The van der Waals surface area contributed by atoms with Gasteiger partial charge in [-0.15, -0.1) is 0 Å². The van der Waals surface area contributed by atoms with Gasteiger partial charge in [-0.25, -0.2) is 9.97 Å². The van der Waals surface area contributed by atoms with E-state index >= 15 is 0 Å². The van der Waals surface area contributed by atoms with Crippen molar-refractivity contribution in [3.63, 3.8) is 0 Å². The molecule has 0 unspecified atom stereocenters. The Hall–Kier alpha value is -1.65. The number of fused-ring (bicyclic) bond motifs is 1. The van der Waals surface area contributed by atoms with Gasteiger partial charge in [0.2, 0.25) is 11.9 Å². The van der Waals surface area contributed by atoms with Crippen LogP contribution >= 0.6 is 0 Å². The van der Waals surface area contributed by atoms with Crippen LogP contribution in [0.4, 0.5) is 5.95 Å². The SMILES string of the molecule is CC(C)C(=O)N1CC[C@@H]2CN(c3ncccn3)CC[C@H]21. The molecule has 0 N–H and O–H groups in total. The van der Waals surface area contributed by atoms with E-state index in [2.05, 4.69) is 19.8 Å². The summed E-state index contributed by atoms with van der Waals surface area (Å²) in [7, 11) is 0. The van der Waals surface area contributed by atoms with E-state index in [9.17, 15) is 4.79 Å². The number of amides is 1. The van der Waals surface area contributed by atoms with Gasteiger partial charge in [-0.05, 0) is 24.8 Å². The van der Waals surface area contributed by atoms with Gasteiger partial charge in [-0.1, -0.05) is 13.8 Å². The van der Waals surface area contributed by atoms with Crippen molar-refractivity contribution in [3.8, 4) is 0 Å². The second-order valence-corrected chi connectivity index (χ2v) is 6.09. The molecule has 20 heavy (non-hydrogen) atoms. The number of likely N-dealkylation sites (tertiary alicyclic amines) is 1. The van der Waals surface area contributed by atoms with Crippen LogP contribution in [0.3, 0.4) is 0 Å². The zero-order valence-corrected chi connectivity index (χ0v) is 12.2. The Morgan fingerprint density at radius 2 is 2.00 bits per heavy atom. The summed E-state index contributed by atoms with van der Waals surface area (Å²) in [6.45, 7) is 6.80. The van der Waals surface area contributed by atoms with E-state index < -0.39 is 0 Å². The van der Waals surface area contributed by atoms with E-state index in [1.54, 1.807) is 12.4 Å². The van der Waals surface area contributed by atoms with Crippen molar-refractivity contribution in [2.24, 2.45) is 11.8 Å². The first-order chi connectivity index (χ1) is 9.66. The topological polar surface area (TPSA) is 49.3 Å². The summed E-state index contributed by atoms with van der Waals surface area (Å²) in [5, 5.41) is 0. The Morgan fingerprint density at radius 1 is 1.25 bits per heavy atom. The molecule has 1 amide bonds. The number of hydrogen-bond donors (Lipinski definition) is 0. The highest BCUT2D eigenvalue weighted by Crippen LogP contribution is 2.33. The zero-order chi connectivity index (χ0) is 14.1. The van der Waals surface area contributed by atoms with Crippen molar-refractivity contribution >= 4 is 11.9 Å². The predicted molar refractivity (Wildman–Crippen MR) is 77.3 cm³/mol. The third-order valence-corrected chi connectivity index (χ3v) is 4.45. The molecular formula is C15H22N4O. The number of rotatable bonds is 2. The summed E-state index contributed by atoms with van der Waals surface area (Å²) in [6, 6.07) is 2.26. The number of piperidine rings is 1. The van der Waals surface area contributed by atoms with E-state index in [0.29, 0.717) is 17.9 Å². The van der Waals surface area contributed by atoms with Crippen LogP contribution in [0.1, 0.15) is 26.7 Å². The molecule has 0 bridgehead atoms. The maximum absolute atomic E-state index is 12.2. The molecule has 0 radical (unpaired) electrons. The quantitative estimate of drug-likeness (QED) is 0.821. The van der Waals surface area contributed by atoms with Crippen molar-refractivity contribution in [2.45, 2.75) is 32.7 Å². The number of nitrogens with zero attached hydrogens (tertiary/aromatic N) is 4. The summed E-state index contributed by atoms with van der Waals surface area (Å²) < 4.78 is 0. The Kier molecular flexibility index (Phi) is 3.59. The van der Waals surface area contributed by atoms with E-state index in [0.717, 1.165) is 38.4 Å². The monoisotopic (exact) mass is 274 g/mol. The summed E-state index contributed by atoms with van der Waals surface area (Å²) in [6.07, 6.45) is 5.71. The molecule has 108 valence electrons. The average molecular weight is 274 g/mol. The second-order valence-electron chi connectivity index (χ2n) is 6.09. The Bertz CT molecular complexity index is 476. The lowest BCUT2D eigenvalue weighted by molar-refractivity contribution is -0.135. The standard InChI is InChI=1S/C15H22N4O/c1-11(2)14(20)19-9-4-12-10-18(8-5-13(12)19)15-16-6-3-7-17-15/h3,6-7,11-13H,4-5,8-10H2,1-2H3/t12-,13-/m1/s1. The van der Waals surface area contributed by atoms with Crippen molar-refractivity contribution in [1.82, 2.24) is 14.9 Å². The van der Waals surface area contributed by atoms with Crippen LogP contribution in [0, 0.1) is 11.8 Å². The molecule has 2 aliphatic heterocycles. The number of hydrogen-bond acceptors (Lipinski definition) is 4. The van der Waals surface area contributed by atoms with Gasteiger partial charge < -0.3 is 9.80 Å². The summed E-state index contributed by atoms with van der Waals surface area (Å²) in [5.74, 6) is 1.79. The second kappa shape index (κ2) is 5.38. The predicted octanol–water partition coefficient (Wildman–Crippen LogP) is 1.56. The van der Waals surface area contributed by atoms with Gasteiger partial charge in [0.1, 0.15) is 0 Å². The third kappa shape index (κ3) is 2.37. The lowest BCUT2D eigenvalue weighted by Crippen LogP contribution is -2.48. The number of carbonyl (C=O) groups excluding carboxylic acids is 1. The van der Waals surface area contributed by atoms with Crippen molar-refractivity contribution in [1.29, 1.82) is 0 Å². The molecule has 2 aliphatic rings. The molecule has 2 atom stereocenters. The number of aromatic nitrogens is 2. The van der Waals surface area contributed by atoms with Crippen LogP contribution < -0.4 is 4.90 Å². The van der Waals surface area contributed by atoms with Crippen LogP contribution in [0.5, 0.6) is 0 Å². The van der Waals surface area contributed by atoms with Crippen LogP contribution in [-0.4, -0.2) is 46.5 Å². The van der Waals surface area contributed by atoms with Crippen LogP contribution in [0.15, 0.2) is 18.5 Å². The normalized spacial score (nSPS) is 25.9. The summed E-state index contributed by atoms with van der Waals surface area (Å²) in [5.41, 5.74) is 0. The molecule has 5 heteroatoms. The Labute approximate surface area is 120 Å². The van der Waals surface area contributed by atoms with Crippen LogP contribution in [0.2, 0.25) is 0 Å². The minimum atomic E-state index is 0.101. The van der Waals surface area contributed by atoms with E-state index in [4.69, 9.17) is 0 Å². The third-order valence-electron chi connectivity index (χ3n) is 4.45. The van der Waals surface area contributed by atoms with Crippen LogP contribution in [-0.2, 0) is 4.79 Å². The first-order valence-corrected chi connectivity index (χ1v) is 7.49. The van der Waals surface area contributed by atoms with Gasteiger partial charge in [-0.2, -0.15) is 0 Å². The molecular weight excluding hydrogens is 252 g/mol.